The fourth-order valence-electron chi connectivity index (χ4n) is 3.27. The molecule has 27 heavy (non-hydrogen) atoms. The van der Waals surface area contributed by atoms with Gasteiger partial charge in [-0.05, 0) is 32.9 Å². The third kappa shape index (κ3) is 5.11. The van der Waals surface area contributed by atoms with Crippen molar-refractivity contribution in [1.29, 1.82) is 0 Å². The molecule has 0 bridgehead atoms. The Morgan fingerprint density at radius 2 is 1.78 bits per heavy atom. The van der Waals surface area contributed by atoms with Crippen molar-refractivity contribution in [3.8, 4) is 11.5 Å². The molecule has 0 aromatic heterocycles. The molecule has 2 aliphatic heterocycles. The normalized spacial score (nSPS) is 18.4. The highest BCUT2D eigenvalue weighted by Crippen LogP contribution is 2.34. The summed E-state index contributed by atoms with van der Waals surface area (Å²) in [5, 5.41) is 5.85. The standard InChI is InChI=1S/C19H28N4O4/c1-13(2)20-18(24)11-22-6-8-23(9-7-22)14(3)19(25)21-15-4-5-16-17(10-15)27-12-26-16/h4-5,10,13-14H,6-9,11-12H2,1-3H3,(H,20,24)(H,21,25)/t14-/m1/s1. The Kier molecular flexibility index (Phi) is 6.18. The molecule has 2 aliphatic rings. The van der Waals surface area contributed by atoms with Crippen LogP contribution in [0.25, 0.3) is 0 Å². The molecule has 0 radical (unpaired) electrons. The summed E-state index contributed by atoms with van der Waals surface area (Å²) in [5.74, 6) is 1.33. The molecule has 1 aromatic carbocycles. The monoisotopic (exact) mass is 376 g/mol. The molecule has 2 heterocycles. The number of anilines is 1. The van der Waals surface area contributed by atoms with E-state index in [-0.39, 0.29) is 30.7 Å². The summed E-state index contributed by atoms with van der Waals surface area (Å²) in [6, 6.07) is 5.28. The SMILES string of the molecule is CC(C)NC(=O)CN1CCN([C@H](C)C(=O)Nc2ccc3c(c2)OCO3)CC1. The lowest BCUT2D eigenvalue weighted by atomic mass is 10.2. The Bertz CT molecular complexity index is 686. The molecule has 1 atom stereocenters. The molecule has 1 fully saturated rings. The van der Waals surface area contributed by atoms with Crippen molar-refractivity contribution in [1.82, 2.24) is 15.1 Å². The van der Waals surface area contributed by atoms with Gasteiger partial charge >= 0.3 is 0 Å². The molecule has 3 rings (SSSR count). The Labute approximate surface area is 159 Å². The van der Waals surface area contributed by atoms with E-state index in [1.54, 1.807) is 12.1 Å². The van der Waals surface area contributed by atoms with Gasteiger partial charge in [0.25, 0.3) is 0 Å². The van der Waals surface area contributed by atoms with E-state index >= 15 is 0 Å². The van der Waals surface area contributed by atoms with Crippen LogP contribution in [0.5, 0.6) is 11.5 Å². The van der Waals surface area contributed by atoms with E-state index in [1.165, 1.54) is 0 Å². The molecule has 1 saturated heterocycles. The van der Waals surface area contributed by atoms with E-state index in [9.17, 15) is 9.59 Å². The number of nitrogens with one attached hydrogen (secondary N) is 2. The lowest BCUT2D eigenvalue weighted by Gasteiger charge is -2.37. The summed E-state index contributed by atoms with van der Waals surface area (Å²) in [6.07, 6.45) is 0. The first-order valence-corrected chi connectivity index (χ1v) is 9.38. The molecule has 8 nitrogen and oxygen atoms in total. The molecule has 0 aliphatic carbocycles. The lowest BCUT2D eigenvalue weighted by Crippen LogP contribution is -2.54. The zero-order valence-electron chi connectivity index (χ0n) is 16.2. The summed E-state index contributed by atoms with van der Waals surface area (Å²) >= 11 is 0. The number of hydrogen-bond acceptors (Lipinski definition) is 6. The number of hydrogen-bond donors (Lipinski definition) is 2. The third-order valence-corrected chi connectivity index (χ3v) is 4.79. The van der Waals surface area contributed by atoms with Gasteiger partial charge in [-0.3, -0.25) is 19.4 Å². The van der Waals surface area contributed by atoms with Crippen LogP contribution in [-0.4, -0.2) is 73.2 Å². The highest BCUT2D eigenvalue weighted by Gasteiger charge is 2.26. The summed E-state index contributed by atoms with van der Waals surface area (Å²) in [7, 11) is 0. The molecule has 148 valence electrons. The lowest BCUT2D eigenvalue weighted by molar-refractivity contribution is -0.125. The Balaban J connectivity index is 1.46. The number of rotatable bonds is 6. The minimum atomic E-state index is -0.248. The van der Waals surface area contributed by atoms with Gasteiger partial charge in [-0.1, -0.05) is 0 Å². The van der Waals surface area contributed by atoms with Crippen molar-refractivity contribution in [2.24, 2.45) is 0 Å². The second-order valence-corrected chi connectivity index (χ2v) is 7.27. The van der Waals surface area contributed by atoms with Gasteiger partial charge in [0, 0.05) is 44.0 Å². The maximum atomic E-state index is 12.6. The van der Waals surface area contributed by atoms with Gasteiger partial charge in [0.1, 0.15) is 0 Å². The van der Waals surface area contributed by atoms with Crippen LogP contribution in [-0.2, 0) is 9.59 Å². The van der Waals surface area contributed by atoms with Gasteiger partial charge in [0.05, 0.1) is 12.6 Å². The zero-order valence-corrected chi connectivity index (χ0v) is 16.2. The predicted molar refractivity (Wildman–Crippen MR) is 102 cm³/mol. The fraction of sp³-hybridized carbons (Fsp3) is 0.579. The Morgan fingerprint density at radius 1 is 1.07 bits per heavy atom. The van der Waals surface area contributed by atoms with E-state index in [0.717, 1.165) is 26.2 Å². The Morgan fingerprint density at radius 3 is 2.48 bits per heavy atom. The highest BCUT2D eigenvalue weighted by atomic mass is 16.7. The largest absolute Gasteiger partial charge is 0.454 e. The summed E-state index contributed by atoms with van der Waals surface area (Å²) < 4.78 is 10.6. The van der Waals surface area contributed by atoms with E-state index in [1.807, 2.05) is 26.8 Å². The van der Waals surface area contributed by atoms with Crippen molar-refractivity contribution < 1.29 is 19.1 Å². The second kappa shape index (κ2) is 8.58. The van der Waals surface area contributed by atoms with E-state index in [2.05, 4.69) is 20.4 Å². The smallest absolute Gasteiger partial charge is 0.241 e. The topological polar surface area (TPSA) is 83.1 Å². The first-order chi connectivity index (χ1) is 12.9. The van der Waals surface area contributed by atoms with Gasteiger partial charge in [-0.25, -0.2) is 0 Å². The first-order valence-electron chi connectivity index (χ1n) is 9.38. The number of carbonyl (C=O) groups is 2. The van der Waals surface area contributed by atoms with Crippen molar-refractivity contribution in [2.75, 3.05) is 44.8 Å². The summed E-state index contributed by atoms with van der Waals surface area (Å²) in [5.41, 5.74) is 0.695. The molecule has 8 heteroatoms. The van der Waals surface area contributed by atoms with Crippen LogP contribution >= 0.6 is 0 Å². The maximum Gasteiger partial charge on any atom is 0.241 e. The molecule has 0 saturated carbocycles. The van der Waals surface area contributed by atoms with Crippen LogP contribution in [0.1, 0.15) is 20.8 Å². The molecule has 2 N–H and O–H groups in total. The van der Waals surface area contributed by atoms with Gasteiger partial charge in [-0.15, -0.1) is 0 Å². The summed E-state index contributed by atoms with van der Waals surface area (Å²) in [4.78, 5) is 28.7. The molecule has 2 amide bonds. The van der Waals surface area contributed by atoms with Crippen LogP contribution in [0.3, 0.4) is 0 Å². The Hall–Kier alpha value is -2.32. The average molecular weight is 376 g/mol. The second-order valence-electron chi connectivity index (χ2n) is 7.27. The van der Waals surface area contributed by atoms with Crippen LogP contribution in [0.2, 0.25) is 0 Å². The number of ether oxygens (including phenoxy) is 2. The molecular weight excluding hydrogens is 348 g/mol. The molecular formula is C19H28N4O4. The predicted octanol–water partition coefficient (Wildman–Crippen LogP) is 0.885. The quantitative estimate of drug-likeness (QED) is 0.767. The van der Waals surface area contributed by atoms with E-state index in [4.69, 9.17) is 9.47 Å². The average Bonchev–Trinajstić information content (AvgIpc) is 3.08. The van der Waals surface area contributed by atoms with Gasteiger partial charge in [-0.2, -0.15) is 0 Å². The van der Waals surface area contributed by atoms with Crippen LogP contribution in [0.15, 0.2) is 18.2 Å². The van der Waals surface area contributed by atoms with E-state index in [0.29, 0.717) is 23.7 Å². The number of fused-ring (bicyclic) bond motifs is 1. The van der Waals surface area contributed by atoms with E-state index < -0.39 is 0 Å². The molecule has 0 unspecified atom stereocenters. The highest BCUT2D eigenvalue weighted by molar-refractivity contribution is 5.94. The first kappa shape index (κ1) is 19.4. The van der Waals surface area contributed by atoms with Gasteiger partial charge < -0.3 is 20.1 Å². The van der Waals surface area contributed by atoms with Crippen LogP contribution < -0.4 is 20.1 Å². The fourth-order valence-corrected chi connectivity index (χ4v) is 3.27. The number of amides is 2. The van der Waals surface area contributed by atoms with Crippen molar-refractivity contribution >= 4 is 17.5 Å². The minimum absolute atomic E-state index is 0.0482. The van der Waals surface area contributed by atoms with Crippen LogP contribution in [0.4, 0.5) is 5.69 Å². The van der Waals surface area contributed by atoms with Crippen LogP contribution in [0, 0.1) is 0 Å². The minimum Gasteiger partial charge on any atom is -0.454 e. The number of carbonyl (C=O) groups excluding carboxylic acids is 2. The van der Waals surface area contributed by atoms with Gasteiger partial charge in [0.15, 0.2) is 11.5 Å². The molecule has 0 spiro atoms. The van der Waals surface area contributed by atoms with Crippen molar-refractivity contribution in [3.05, 3.63) is 18.2 Å². The zero-order chi connectivity index (χ0) is 19.4. The van der Waals surface area contributed by atoms with Gasteiger partial charge in [0.2, 0.25) is 18.6 Å². The number of nitrogens with zero attached hydrogens (tertiary/aromatic N) is 2. The summed E-state index contributed by atoms with van der Waals surface area (Å²) in [6.45, 7) is 9.48. The molecule has 1 aromatic rings. The maximum absolute atomic E-state index is 12.6. The number of piperazine rings is 1. The third-order valence-electron chi connectivity index (χ3n) is 4.79. The van der Waals surface area contributed by atoms with Crippen molar-refractivity contribution in [3.63, 3.8) is 0 Å². The number of benzene rings is 1. The van der Waals surface area contributed by atoms with Crippen molar-refractivity contribution in [2.45, 2.75) is 32.9 Å².